The number of anilines is 2. The molecule has 1 aromatic heterocycles. The van der Waals surface area contributed by atoms with Gasteiger partial charge in [0.05, 0.1) is 37.2 Å². The molecule has 2 bridgehead atoms. The molecular weight excluding hydrogens is 468 g/mol. The first-order valence-corrected chi connectivity index (χ1v) is 14.0. The van der Waals surface area contributed by atoms with Crippen molar-refractivity contribution in [3.63, 3.8) is 0 Å². The Hall–Kier alpha value is -2.76. The molecule has 35 heavy (non-hydrogen) atoms. The number of benzene rings is 1. The van der Waals surface area contributed by atoms with Crippen molar-refractivity contribution in [3.8, 4) is 11.4 Å². The number of fused-ring (bicyclic) bond motifs is 4. The number of hydrogen-bond donors (Lipinski definition) is 2. The van der Waals surface area contributed by atoms with Crippen molar-refractivity contribution in [2.45, 2.75) is 51.2 Å². The maximum Gasteiger partial charge on any atom is 0.319 e. The summed E-state index contributed by atoms with van der Waals surface area (Å²) in [5.74, 6) is 1.42. The van der Waals surface area contributed by atoms with Crippen molar-refractivity contribution in [2.24, 2.45) is 0 Å². The fourth-order valence-corrected chi connectivity index (χ4v) is 6.87. The molecule has 3 aliphatic rings. The fourth-order valence-electron chi connectivity index (χ4n) is 5.48. The van der Waals surface area contributed by atoms with Crippen molar-refractivity contribution in [1.82, 2.24) is 19.6 Å². The lowest BCUT2D eigenvalue weighted by atomic mass is 9.98. The number of carbonyl (C=O) groups is 1. The Labute approximate surface area is 206 Å². The normalized spacial score (nSPS) is 24.2. The van der Waals surface area contributed by atoms with E-state index in [4.69, 9.17) is 14.7 Å². The number of aromatic nitrogens is 2. The first-order chi connectivity index (χ1) is 16.8. The van der Waals surface area contributed by atoms with Gasteiger partial charge >= 0.3 is 6.03 Å². The summed E-state index contributed by atoms with van der Waals surface area (Å²) in [6, 6.07) is 7.03. The Balaban J connectivity index is 1.56. The van der Waals surface area contributed by atoms with Gasteiger partial charge in [0.1, 0.15) is 5.82 Å². The highest BCUT2D eigenvalue weighted by Gasteiger charge is 2.47. The van der Waals surface area contributed by atoms with Gasteiger partial charge in [0.25, 0.3) is 0 Å². The predicted molar refractivity (Wildman–Crippen MR) is 134 cm³/mol. The number of nitrogens with one attached hydrogen (secondary N) is 2. The minimum absolute atomic E-state index is 0.0659. The van der Waals surface area contributed by atoms with Crippen molar-refractivity contribution >= 4 is 27.6 Å². The maximum absolute atomic E-state index is 12.7. The molecule has 2 N–H and O–H groups in total. The minimum Gasteiger partial charge on any atom is -0.377 e. The molecule has 2 amide bonds. The van der Waals surface area contributed by atoms with Crippen LogP contribution < -0.4 is 15.5 Å². The van der Waals surface area contributed by atoms with Crippen molar-refractivity contribution in [3.05, 3.63) is 35.5 Å². The van der Waals surface area contributed by atoms with Gasteiger partial charge in [-0.25, -0.2) is 23.2 Å². The maximum atomic E-state index is 12.7. The zero-order chi connectivity index (χ0) is 24.7. The van der Waals surface area contributed by atoms with Gasteiger partial charge in [0.15, 0.2) is 5.82 Å². The SMILES string of the molecule is CCNC(=O)Nc1ccc(-c2nc3c(c(N4CCOC[C@@H]4C)n2)C2CCC(C3)N2S(C)(=O)=O)cc1. The smallest absolute Gasteiger partial charge is 0.319 e. The summed E-state index contributed by atoms with van der Waals surface area (Å²) in [6.07, 6.45) is 3.48. The van der Waals surface area contributed by atoms with Crippen LogP contribution in [-0.2, 0) is 21.2 Å². The van der Waals surface area contributed by atoms with Crippen LogP contribution in [0.1, 0.15) is 44.0 Å². The third-order valence-electron chi connectivity index (χ3n) is 6.97. The molecule has 0 aliphatic carbocycles. The zero-order valence-electron chi connectivity index (χ0n) is 20.3. The van der Waals surface area contributed by atoms with Gasteiger partial charge in [-0.3, -0.25) is 0 Å². The second-order valence-electron chi connectivity index (χ2n) is 9.45. The average molecular weight is 501 g/mol. The number of morpholine rings is 1. The summed E-state index contributed by atoms with van der Waals surface area (Å²) in [5.41, 5.74) is 3.40. The Morgan fingerprint density at radius 3 is 2.66 bits per heavy atom. The van der Waals surface area contributed by atoms with Gasteiger partial charge in [0.2, 0.25) is 10.0 Å². The molecule has 0 radical (unpaired) electrons. The summed E-state index contributed by atoms with van der Waals surface area (Å²) >= 11 is 0. The van der Waals surface area contributed by atoms with Gasteiger partial charge in [-0.15, -0.1) is 0 Å². The summed E-state index contributed by atoms with van der Waals surface area (Å²) in [6.45, 7) is 6.40. The summed E-state index contributed by atoms with van der Waals surface area (Å²) in [4.78, 5) is 24.0. The number of nitrogens with zero attached hydrogens (tertiary/aromatic N) is 4. The highest BCUT2D eigenvalue weighted by atomic mass is 32.2. The highest BCUT2D eigenvalue weighted by molar-refractivity contribution is 7.88. The molecule has 0 spiro atoms. The van der Waals surface area contributed by atoms with Crippen LogP contribution in [-0.4, -0.2) is 73.4 Å². The summed E-state index contributed by atoms with van der Waals surface area (Å²) < 4.78 is 32.7. The third-order valence-corrected chi connectivity index (χ3v) is 8.29. The molecule has 2 aromatic rings. The van der Waals surface area contributed by atoms with Crippen LogP contribution >= 0.6 is 0 Å². The minimum atomic E-state index is -3.35. The van der Waals surface area contributed by atoms with Crippen LogP contribution in [0.5, 0.6) is 0 Å². The third kappa shape index (κ3) is 4.60. The van der Waals surface area contributed by atoms with Crippen LogP contribution in [0.2, 0.25) is 0 Å². The van der Waals surface area contributed by atoms with E-state index in [0.717, 1.165) is 35.5 Å². The van der Waals surface area contributed by atoms with Gasteiger partial charge < -0.3 is 20.3 Å². The summed E-state index contributed by atoms with van der Waals surface area (Å²) in [7, 11) is -3.35. The second-order valence-corrected chi connectivity index (χ2v) is 11.3. The number of carbonyl (C=O) groups excluding carboxylic acids is 1. The Kier molecular flexibility index (Phi) is 6.41. The largest absolute Gasteiger partial charge is 0.377 e. The van der Waals surface area contributed by atoms with Gasteiger partial charge in [-0.1, -0.05) is 0 Å². The number of rotatable bonds is 5. The molecule has 5 rings (SSSR count). The molecule has 188 valence electrons. The van der Waals surface area contributed by atoms with E-state index in [2.05, 4.69) is 22.5 Å². The lowest BCUT2D eigenvalue weighted by Gasteiger charge is -2.40. The van der Waals surface area contributed by atoms with E-state index in [-0.39, 0.29) is 24.2 Å². The zero-order valence-corrected chi connectivity index (χ0v) is 21.1. The van der Waals surface area contributed by atoms with E-state index in [1.54, 1.807) is 4.31 Å². The predicted octanol–water partition coefficient (Wildman–Crippen LogP) is 2.53. The first-order valence-electron chi connectivity index (χ1n) is 12.1. The van der Waals surface area contributed by atoms with Gasteiger partial charge in [-0.2, -0.15) is 4.31 Å². The van der Waals surface area contributed by atoms with Crippen LogP contribution in [0.3, 0.4) is 0 Å². The molecule has 3 atom stereocenters. The lowest BCUT2D eigenvalue weighted by Crippen LogP contribution is -2.47. The number of sulfonamides is 1. The molecule has 3 aliphatic heterocycles. The molecule has 11 heteroatoms. The molecule has 2 unspecified atom stereocenters. The van der Waals surface area contributed by atoms with Crippen molar-refractivity contribution in [1.29, 1.82) is 0 Å². The van der Waals surface area contributed by atoms with Gasteiger partial charge in [0, 0.05) is 42.4 Å². The van der Waals surface area contributed by atoms with Crippen molar-refractivity contribution < 1.29 is 17.9 Å². The molecule has 2 saturated heterocycles. The highest BCUT2D eigenvalue weighted by Crippen LogP contribution is 2.48. The average Bonchev–Trinajstić information content (AvgIpc) is 3.15. The summed E-state index contributed by atoms with van der Waals surface area (Å²) in [5, 5.41) is 5.52. The van der Waals surface area contributed by atoms with E-state index < -0.39 is 10.0 Å². The van der Waals surface area contributed by atoms with E-state index in [0.29, 0.717) is 44.2 Å². The van der Waals surface area contributed by atoms with E-state index in [9.17, 15) is 13.2 Å². The molecule has 0 saturated carbocycles. The van der Waals surface area contributed by atoms with E-state index in [1.807, 2.05) is 31.2 Å². The van der Waals surface area contributed by atoms with E-state index in [1.165, 1.54) is 6.26 Å². The Morgan fingerprint density at radius 2 is 1.97 bits per heavy atom. The number of amides is 2. The van der Waals surface area contributed by atoms with Crippen LogP contribution in [0, 0.1) is 0 Å². The van der Waals surface area contributed by atoms with E-state index >= 15 is 0 Å². The number of hydrogen-bond acceptors (Lipinski definition) is 7. The van der Waals surface area contributed by atoms with Crippen LogP contribution in [0.25, 0.3) is 11.4 Å². The molecule has 2 fully saturated rings. The first kappa shape index (κ1) is 24.0. The Morgan fingerprint density at radius 1 is 1.20 bits per heavy atom. The molecule has 10 nitrogen and oxygen atoms in total. The molecular formula is C24H32N6O4S. The van der Waals surface area contributed by atoms with Gasteiger partial charge in [-0.05, 0) is 51.0 Å². The second kappa shape index (κ2) is 9.36. The van der Waals surface area contributed by atoms with Crippen LogP contribution in [0.4, 0.5) is 16.3 Å². The van der Waals surface area contributed by atoms with Crippen LogP contribution in [0.15, 0.2) is 24.3 Å². The lowest BCUT2D eigenvalue weighted by molar-refractivity contribution is 0.0982. The monoisotopic (exact) mass is 500 g/mol. The standard InChI is InChI=1S/C24H32N6O4S/c1-4-25-24(31)26-17-7-5-16(6-8-17)22-27-19-13-18-9-10-20(30(18)35(3,32)33)21(19)23(28-22)29-11-12-34-14-15(29)2/h5-8,15,18,20H,4,9-14H2,1-3H3,(H2,25,26,31)/t15-,18?,20?/m0/s1. The number of urea groups is 1. The van der Waals surface area contributed by atoms with Crippen molar-refractivity contribution in [2.75, 3.05) is 42.8 Å². The topological polar surface area (TPSA) is 117 Å². The molecule has 1 aromatic carbocycles. The number of ether oxygens (including phenoxy) is 1. The quantitative estimate of drug-likeness (QED) is 0.648. The molecule has 4 heterocycles. The fraction of sp³-hybridized carbons (Fsp3) is 0.542. The Bertz CT molecular complexity index is 1220.